The Balaban J connectivity index is 2.69. The van der Waals surface area contributed by atoms with E-state index in [1.54, 1.807) is 14.2 Å². The first-order chi connectivity index (χ1) is 8.87. The van der Waals surface area contributed by atoms with Crippen LogP contribution in [0, 0.1) is 0 Å². The number of hydrogen-bond acceptors (Lipinski definition) is 5. The molecule has 0 fully saturated rings. The first-order valence-corrected chi connectivity index (χ1v) is 7.54. The highest BCUT2D eigenvalue weighted by Crippen LogP contribution is 2.29. The van der Waals surface area contributed by atoms with Gasteiger partial charge in [0.25, 0.3) is 0 Å². The molecule has 6 nitrogen and oxygen atoms in total. The molecule has 0 aliphatic rings. The van der Waals surface area contributed by atoms with Crippen molar-refractivity contribution in [2.75, 3.05) is 26.5 Å². The van der Waals surface area contributed by atoms with Crippen LogP contribution in [0.5, 0.6) is 11.5 Å². The zero-order valence-electron chi connectivity index (χ0n) is 11.3. The van der Waals surface area contributed by atoms with Gasteiger partial charge < -0.3 is 14.8 Å². The predicted octanol–water partition coefficient (Wildman–Crippen LogP) is 0.643. The molecule has 3 N–H and O–H groups in total. The molecule has 108 valence electrons. The van der Waals surface area contributed by atoms with Crippen molar-refractivity contribution < 1.29 is 17.9 Å². The van der Waals surface area contributed by atoms with E-state index in [1.165, 1.54) is 0 Å². The molecule has 0 saturated carbocycles. The molecule has 1 atom stereocenters. The molecule has 0 heterocycles. The smallest absolute Gasteiger partial charge is 0.210 e. The van der Waals surface area contributed by atoms with E-state index in [0.717, 1.165) is 5.56 Å². The number of benzene rings is 1. The fourth-order valence-corrected chi connectivity index (χ4v) is 2.06. The van der Waals surface area contributed by atoms with Gasteiger partial charge in [-0.25, -0.2) is 13.6 Å². The third kappa shape index (κ3) is 5.06. The summed E-state index contributed by atoms with van der Waals surface area (Å²) in [6.45, 7) is 2.23. The summed E-state index contributed by atoms with van der Waals surface area (Å²) in [4.78, 5) is 0. The van der Waals surface area contributed by atoms with Crippen molar-refractivity contribution >= 4 is 10.0 Å². The van der Waals surface area contributed by atoms with Crippen LogP contribution < -0.4 is 19.9 Å². The summed E-state index contributed by atoms with van der Waals surface area (Å²) in [5, 5.41) is 8.03. The zero-order chi connectivity index (χ0) is 14.5. The van der Waals surface area contributed by atoms with Crippen LogP contribution in [0.2, 0.25) is 0 Å². The fraction of sp³-hybridized carbons (Fsp3) is 0.500. The second-order valence-corrected chi connectivity index (χ2v) is 5.89. The number of ether oxygens (including phenoxy) is 2. The summed E-state index contributed by atoms with van der Waals surface area (Å²) < 4.78 is 32.0. The Bertz CT molecular complexity index is 516. The van der Waals surface area contributed by atoms with E-state index < -0.39 is 10.0 Å². The Morgan fingerprint density at radius 3 is 2.42 bits per heavy atom. The van der Waals surface area contributed by atoms with Crippen LogP contribution in [0.15, 0.2) is 18.2 Å². The van der Waals surface area contributed by atoms with E-state index in [0.29, 0.717) is 18.0 Å². The number of nitrogens with two attached hydrogens (primary N) is 1. The number of primary sulfonamides is 1. The van der Waals surface area contributed by atoms with E-state index in [2.05, 4.69) is 5.32 Å². The van der Waals surface area contributed by atoms with Crippen LogP contribution >= 0.6 is 0 Å². The summed E-state index contributed by atoms with van der Waals surface area (Å²) in [6, 6.07) is 5.55. The van der Waals surface area contributed by atoms with Gasteiger partial charge >= 0.3 is 0 Å². The van der Waals surface area contributed by atoms with Gasteiger partial charge in [0.15, 0.2) is 11.5 Å². The quantitative estimate of drug-likeness (QED) is 0.768. The second kappa shape index (κ2) is 6.74. The first-order valence-electron chi connectivity index (χ1n) is 5.83. The molecular formula is C12H20N2O4S. The van der Waals surface area contributed by atoms with Crippen LogP contribution in [0.4, 0.5) is 0 Å². The molecule has 0 radical (unpaired) electrons. The minimum atomic E-state index is -3.43. The maximum atomic E-state index is 10.8. The van der Waals surface area contributed by atoms with Crippen LogP contribution in [-0.2, 0) is 10.0 Å². The Hall–Kier alpha value is -1.31. The maximum absolute atomic E-state index is 10.8. The summed E-state index contributed by atoms with van der Waals surface area (Å²) in [7, 11) is -0.288. The molecule has 1 aromatic rings. The van der Waals surface area contributed by atoms with Gasteiger partial charge in [0.1, 0.15) is 0 Å². The predicted molar refractivity (Wildman–Crippen MR) is 73.9 cm³/mol. The lowest BCUT2D eigenvalue weighted by Crippen LogP contribution is -2.28. The molecule has 0 aliphatic carbocycles. The number of rotatable bonds is 7. The van der Waals surface area contributed by atoms with Gasteiger partial charge in [-0.3, -0.25) is 0 Å². The van der Waals surface area contributed by atoms with Crippen LogP contribution in [0.3, 0.4) is 0 Å². The SMILES string of the molecule is COc1ccc(C(C)NCCS(N)(=O)=O)cc1OC. The summed E-state index contributed by atoms with van der Waals surface area (Å²) in [6.07, 6.45) is 0. The number of hydrogen-bond donors (Lipinski definition) is 2. The van der Waals surface area contributed by atoms with Gasteiger partial charge in [0.05, 0.1) is 20.0 Å². The Labute approximate surface area is 113 Å². The van der Waals surface area contributed by atoms with Gasteiger partial charge in [0.2, 0.25) is 10.0 Å². The number of methoxy groups -OCH3 is 2. The fourth-order valence-electron chi connectivity index (χ4n) is 1.66. The highest BCUT2D eigenvalue weighted by Gasteiger charge is 2.10. The Morgan fingerprint density at radius 1 is 1.26 bits per heavy atom. The lowest BCUT2D eigenvalue weighted by atomic mass is 10.1. The average Bonchev–Trinajstić information content (AvgIpc) is 2.36. The van der Waals surface area contributed by atoms with E-state index in [4.69, 9.17) is 14.6 Å². The summed E-state index contributed by atoms with van der Waals surface area (Å²) in [5.41, 5.74) is 0.979. The van der Waals surface area contributed by atoms with Crippen molar-refractivity contribution in [3.05, 3.63) is 23.8 Å². The molecule has 0 aliphatic heterocycles. The number of nitrogens with one attached hydrogen (secondary N) is 1. The largest absolute Gasteiger partial charge is 0.493 e. The molecule has 0 amide bonds. The molecule has 19 heavy (non-hydrogen) atoms. The van der Waals surface area contributed by atoms with Gasteiger partial charge in [-0.2, -0.15) is 0 Å². The summed E-state index contributed by atoms with van der Waals surface area (Å²) in [5.74, 6) is 1.20. The molecular weight excluding hydrogens is 268 g/mol. The maximum Gasteiger partial charge on any atom is 0.210 e. The van der Waals surface area contributed by atoms with Gasteiger partial charge in [0, 0.05) is 12.6 Å². The molecule has 0 saturated heterocycles. The Kier molecular flexibility index (Phi) is 5.59. The first kappa shape index (κ1) is 15.7. The van der Waals surface area contributed by atoms with Crippen molar-refractivity contribution in [3.63, 3.8) is 0 Å². The lowest BCUT2D eigenvalue weighted by Gasteiger charge is -2.16. The van der Waals surface area contributed by atoms with Crippen LogP contribution in [0.25, 0.3) is 0 Å². The highest BCUT2D eigenvalue weighted by molar-refractivity contribution is 7.89. The van der Waals surface area contributed by atoms with E-state index in [-0.39, 0.29) is 11.8 Å². The Morgan fingerprint density at radius 2 is 1.89 bits per heavy atom. The zero-order valence-corrected chi connectivity index (χ0v) is 12.2. The number of sulfonamides is 1. The molecule has 0 bridgehead atoms. The van der Waals surface area contributed by atoms with E-state index >= 15 is 0 Å². The van der Waals surface area contributed by atoms with Crippen LogP contribution in [0.1, 0.15) is 18.5 Å². The summed E-state index contributed by atoms with van der Waals surface area (Å²) >= 11 is 0. The standard InChI is InChI=1S/C12H20N2O4S/c1-9(14-6-7-19(13,15)16)10-4-5-11(17-2)12(8-10)18-3/h4-5,8-9,14H,6-7H2,1-3H3,(H2,13,15,16). The van der Waals surface area contributed by atoms with Gasteiger partial charge in [-0.1, -0.05) is 6.07 Å². The average molecular weight is 288 g/mol. The normalized spacial score (nSPS) is 13.1. The molecule has 0 spiro atoms. The van der Waals surface area contributed by atoms with Gasteiger partial charge in [-0.15, -0.1) is 0 Å². The molecule has 7 heteroatoms. The molecule has 1 aromatic carbocycles. The van der Waals surface area contributed by atoms with Crippen molar-refractivity contribution in [1.29, 1.82) is 0 Å². The minimum Gasteiger partial charge on any atom is -0.493 e. The van der Waals surface area contributed by atoms with Crippen molar-refractivity contribution in [2.45, 2.75) is 13.0 Å². The third-order valence-corrected chi connectivity index (χ3v) is 3.52. The molecule has 1 unspecified atom stereocenters. The van der Waals surface area contributed by atoms with Crippen molar-refractivity contribution in [2.24, 2.45) is 5.14 Å². The van der Waals surface area contributed by atoms with E-state index in [1.807, 2.05) is 25.1 Å². The van der Waals surface area contributed by atoms with Gasteiger partial charge in [-0.05, 0) is 24.6 Å². The van der Waals surface area contributed by atoms with Crippen molar-refractivity contribution in [3.8, 4) is 11.5 Å². The van der Waals surface area contributed by atoms with Crippen molar-refractivity contribution in [1.82, 2.24) is 5.32 Å². The molecule has 0 aromatic heterocycles. The molecule has 1 rings (SSSR count). The monoisotopic (exact) mass is 288 g/mol. The van der Waals surface area contributed by atoms with E-state index in [9.17, 15) is 8.42 Å². The third-order valence-electron chi connectivity index (χ3n) is 2.74. The van der Waals surface area contributed by atoms with Crippen LogP contribution in [-0.4, -0.2) is 34.9 Å². The second-order valence-electron chi connectivity index (χ2n) is 4.16. The minimum absolute atomic E-state index is 0.0124. The lowest BCUT2D eigenvalue weighted by molar-refractivity contribution is 0.354. The highest BCUT2D eigenvalue weighted by atomic mass is 32.2. The topological polar surface area (TPSA) is 90.6 Å².